The number of carbonyl (C=O) groups is 1. The standard InChI is InChI=1S/C34H48N3O7P/c1-22(2)26(7)43-45(41,44-27(8)23(3)4)33-25(6)35-24(5)31(32(33)29-16-13-17-30(20-29)37(39)40)34(38)42-19-18-36(9)21-28-14-11-10-12-15-28/h10-17,20,22-23,26-27,32,35H,18-19,21H2,1-9H3. The zero-order valence-corrected chi connectivity index (χ0v) is 28.8. The molecule has 0 fully saturated rings. The third-order valence-electron chi connectivity index (χ3n) is 8.14. The van der Waals surface area contributed by atoms with Crippen molar-refractivity contribution in [1.29, 1.82) is 0 Å². The van der Waals surface area contributed by atoms with Crippen LogP contribution in [0.5, 0.6) is 0 Å². The monoisotopic (exact) mass is 641 g/mol. The molecule has 1 aliphatic rings. The number of hydrogen-bond acceptors (Lipinski definition) is 9. The molecular weight excluding hydrogens is 593 g/mol. The number of nitro groups is 1. The van der Waals surface area contributed by atoms with Gasteiger partial charge in [0.05, 0.1) is 33.9 Å². The first-order valence-corrected chi connectivity index (χ1v) is 17.0. The average molecular weight is 642 g/mol. The number of likely N-dealkylation sites (N-methyl/N-ethyl adjacent to an activating group) is 1. The van der Waals surface area contributed by atoms with Crippen LogP contribution in [0.15, 0.2) is 76.9 Å². The van der Waals surface area contributed by atoms with Crippen LogP contribution in [0, 0.1) is 22.0 Å². The molecule has 0 radical (unpaired) electrons. The van der Waals surface area contributed by atoms with Gasteiger partial charge in [-0.1, -0.05) is 70.2 Å². The predicted octanol–water partition coefficient (Wildman–Crippen LogP) is 7.78. The van der Waals surface area contributed by atoms with E-state index in [0.717, 1.165) is 5.56 Å². The van der Waals surface area contributed by atoms with E-state index in [0.29, 0.717) is 30.0 Å². The molecule has 3 atom stereocenters. The minimum Gasteiger partial charge on any atom is -0.461 e. The van der Waals surface area contributed by atoms with Gasteiger partial charge in [-0.2, -0.15) is 0 Å². The Morgan fingerprint density at radius 3 is 2.11 bits per heavy atom. The van der Waals surface area contributed by atoms with E-state index in [-0.39, 0.29) is 35.0 Å². The lowest BCUT2D eigenvalue weighted by atomic mass is 9.86. The van der Waals surface area contributed by atoms with Crippen LogP contribution in [-0.4, -0.2) is 48.2 Å². The van der Waals surface area contributed by atoms with Crippen LogP contribution in [0.3, 0.4) is 0 Å². The van der Waals surface area contributed by atoms with Crippen molar-refractivity contribution in [2.24, 2.45) is 11.8 Å². The lowest BCUT2D eigenvalue weighted by molar-refractivity contribution is -0.384. The molecule has 0 spiro atoms. The predicted molar refractivity (Wildman–Crippen MR) is 176 cm³/mol. The average Bonchev–Trinajstić information content (AvgIpc) is 2.96. The zero-order chi connectivity index (χ0) is 33.5. The van der Waals surface area contributed by atoms with Gasteiger partial charge in [-0.25, -0.2) is 4.79 Å². The third-order valence-corrected chi connectivity index (χ3v) is 10.5. The van der Waals surface area contributed by atoms with Gasteiger partial charge >= 0.3 is 13.6 Å². The van der Waals surface area contributed by atoms with Crippen LogP contribution < -0.4 is 5.32 Å². The zero-order valence-electron chi connectivity index (χ0n) is 27.9. The number of allylic oxidation sites excluding steroid dienone is 3. The van der Waals surface area contributed by atoms with Gasteiger partial charge in [0, 0.05) is 36.6 Å². The number of ether oxygens (including phenoxy) is 1. The van der Waals surface area contributed by atoms with Crippen molar-refractivity contribution in [3.63, 3.8) is 0 Å². The molecule has 11 heteroatoms. The topological polar surface area (TPSA) is 120 Å². The van der Waals surface area contributed by atoms with Crippen LogP contribution in [0.4, 0.5) is 5.69 Å². The minimum absolute atomic E-state index is 0.0135. The first-order valence-electron chi connectivity index (χ1n) is 15.4. The fourth-order valence-electron chi connectivity index (χ4n) is 4.92. The Hall–Kier alpha value is -3.30. The van der Waals surface area contributed by atoms with Crippen LogP contribution in [0.1, 0.15) is 72.4 Å². The molecule has 246 valence electrons. The van der Waals surface area contributed by atoms with E-state index < -0.39 is 36.6 Å². The molecule has 0 saturated carbocycles. The summed E-state index contributed by atoms with van der Waals surface area (Å²) in [6.07, 6.45) is -0.910. The van der Waals surface area contributed by atoms with Gasteiger partial charge in [0.2, 0.25) is 0 Å². The number of esters is 1. The Morgan fingerprint density at radius 2 is 1.56 bits per heavy atom. The molecule has 1 N–H and O–H groups in total. The van der Waals surface area contributed by atoms with Crippen LogP contribution in [0.2, 0.25) is 0 Å². The molecule has 0 aliphatic carbocycles. The van der Waals surface area contributed by atoms with Crippen molar-refractivity contribution in [1.82, 2.24) is 10.2 Å². The normalized spacial score (nSPS) is 18.2. The highest BCUT2D eigenvalue weighted by molar-refractivity contribution is 7.58. The van der Waals surface area contributed by atoms with Gasteiger partial charge in [-0.3, -0.25) is 19.6 Å². The van der Waals surface area contributed by atoms with E-state index in [1.807, 2.05) is 83.8 Å². The maximum Gasteiger partial charge on any atom is 0.360 e. The molecule has 0 amide bonds. The number of hydrogen-bond donors (Lipinski definition) is 1. The van der Waals surface area contributed by atoms with Gasteiger partial charge < -0.3 is 19.1 Å². The Balaban J connectivity index is 2.06. The van der Waals surface area contributed by atoms with Crippen molar-refractivity contribution in [2.75, 3.05) is 20.2 Å². The van der Waals surface area contributed by atoms with Crippen LogP contribution in [-0.2, 0) is 29.7 Å². The van der Waals surface area contributed by atoms with Crippen molar-refractivity contribution in [3.8, 4) is 0 Å². The number of rotatable bonds is 15. The molecule has 0 saturated heterocycles. The molecule has 45 heavy (non-hydrogen) atoms. The van der Waals surface area contributed by atoms with E-state index in [4.69, 9.17) is 13.8 Å². The molecule has 0 aromatic heterocycles. The quantitative estimate of drug-likeness (QED) is 0.0900. The Bertz CT molecular complexity index is 1430. The largest absolute Gasteiger partial charge is 0.461 e. The maximum absolute atomic E-state index is 15.1. The maximum atomic E-state index is 15.1. The Morgan fingerprint density at radius 1 is 0.956 bits per heavy atom. The molecule has 0 bridgehead atoms. The summed E-state index contributed by atoms with van der Waals surface area (Å²) in [5.41, 5.74) is 2.59. The molecule has 3 rings (SSSR count). The van der Waals surface area contributed by atoms with Crippen LogP contribution in [0.25, 0.3) is 0 Å². The second-order valence-corrected chi connectivity index (χ2v) is 14.3. The summed E-state index contributed by atoms with van der Waals surface area (Å²) in [6, 6.07) is 16.0. The highest BCUT2D eigenvalue weighted by Crippen LogP contribution is 2.66. The summed E-state index contributed by atoms with van der Waals surface area (Å²) in [7, 11) is -2.17. The highest BCUT2D eigenvalue weighted by atomic mass is 31.2. The van der Waals surface area contributed by atoms with Gasteiger partial charge in [0.15, 0.2) is 0 Å². The second kappa shape index (κ2) is 15.8. The molecule has 1 aliphatic heterocycles. The van der Waals surface area contributed by atoms with Gasteiger partial charge in [-0.15, -0.1) is 0 Å². The summed E-state index contributed by atoms with van der Waals surface area (Å²) >= 11 is 0. The first-order chi connectivity index (χ1) is 21.1. The van der Waals surface area contributed by atoms with E-state index in [1.165, 1.54) is 12.1 Å². The summed E-state index contributed by atoms with van der Waals surface area (Å²) in [5.74, 6) is -1.57. The number of non-ortho nitro benzene ring substituents is 1. The summed E-state index contributed by atoms with van der Waals surface area (Å²) in [4.78, 5) is 27.3. The fraction of sp³-hybridized carbons (Fsp3) is 0.500. The Labute approximate surface area is 267 Å². The van der Waals surface area contributed by atoms with Gasteiger partial charge in [0.25, 0.3) is 5.69 Å². The molecule has 3 unspecified atom stereocenters. The number of benzene rings is 2. The van der Waals surface area contributed by atoms with E-state index >= 15 is 4.57 Å². The number of carbonyl (C=O) groups excluding carboxylic acids is 1. The summed E-state index contributed by atoms with van der Waals surface area (Å²) < 4.78 is 33.5. The van der Waals surface area contributed by atoms with E-state index in [9.17, 15) is 14.9 Å². The second-order valence-electron chi connectivity index (χ2n) is 12.4. The number of nitro benzene ring substituents is 1. The van der Waals surface area contributed by atoms with Gasteiger partial charge in [0.1, 0.15) is 6.61 Å². The SMILES string of the molecule is CC1=C(C(=O)OCCN(C)Cc2ccccc2)C(c2cccc([N+](=O)[O-])c2)C(P(=O)(OC(C)C(C)C)OC(C)C(C)C)=C(C)N1. The smallest absolute Gasteiger partial charge is 0.360 e. The molecule has 2 aromatic carbocycles. The summed E-state index contributed by atoms with van der Waals surface area (Å²) in [5, 5.41) is 15.3. The fourth-order valence-corrected chi connectivity index (χ4v) is 7.63. The molecular formula is C34H48N3O7P. The van der Waals surface area contributed by atoms with Crippen molar-refractivity contribution >= 4 is 19.3 Å². The van der Waals surface area contributed by atoms with Crippen molar-refractivity contribution in [3.05, 3.63) is 98.1 Å². The van der Waals surface area contributed by atoms with Crippen LogP contribution >= 0.6 is 7.60 Å². The third kappa shape index (κ3) is 9.36. The molecule has 10 nitrogen and oxygen atoms in total. The molecule has 2 aromatic rings. The molecule has 1 heterocycles. The summed E-state index contributed by atoms with van der Waals surface area (Å²) in [6.45, 7) is 16.3. The number of nitrogens with one attached hydrogen (secondary N) is 1. The minimum atomic E-state index is -4.12. The van der Waals surface area contributed by atoms with Gasteiger partial charge in [-0.05, 0) is 57.7 Å². The number of dihydropyridines is 1. The Kier molecular flexibility index (Phi) is 12.7. The first kappa shape index (κ1) is 36.2. The lowest BCUT2D eigenvalue weighted by Crippen LogP contribution is -2.32. The van der Waals surface area contributed by atoms with E-state index in [2.05, 4.69) is 5.32 Å². The van der Waals surface area contributed by atoms with E-state index in [1.54, 1.807) is 26.0 Å². The van der Waals surface area contributed by atoms with Crippen molar-refractivity contribution in [2.45, 2.75) is 80.1 Å². The lowest BCUT2D eigenvalue weighted by Gasteiger charge is -2.37. The number of nitrogens with zero attached hydrogens (tertiary/aromatic N) is 2. The van der Waals surface area contributed by atoms with Crippen molar-refractivity contribution < 1.29 is 28.1 Å². The highest BCUT2D eigenvalue weighted by Gasteiger charge is 2.47.